The molecule has 0 aromatic heterocycles. The van der Waals surface area contributed by atoms with E-state index >= 15 is 0 Å². The minimum atomic E-state index is -2.67. The number of fused-ring (bicyclic) bond motifs is 1. The van der Waals surface area contributed by atoms with E-state index < -0.39 is 17.9 Å². The highest BCUT2D eigenvalue weighted by atomic mass is 19.3. The molecule has 0 bridgehead atoms. The van der Waals surface area contributed by atoms with E-state index in [9.17, 15) is 28.0 Å². The van der Waals surface area contributed by atoms with Gasteiger partial charge in [0.15, 0.2) is 0 Å². The SMILES string of the molecule is O=C1CCC(N2Cc3c(NC4(CCC5CC5)CCC(NCC(=O)N5CCC(F)(F)CC5)CC4)cccc3C2=O)C(=O)N1. The van der Waals surface area contributed by atoms with E-state index in [4.69, 9.17) is 0 Å². The van der Waals surface area contributed by atoms with Crippen molar-refractivity contribution in [3.8, 4) is 0 Å². The molecule has 3 N–H and O–H groups in total. The lowest BCUT2D eigenvalue weighted by molar-refractivity contribution is -0.138. The molecular formula is C31H41F2N5O4. The summed E-state index contributed by atoms with van der Waals surface area (Å²) in [7, 11) is 0. The van der Waals surface area contributed by atoms with Gasteiger partial charge in [-0.25, -0.2) is 8.78 Å². The Bertz CT molecular complexity index is 1230. The van der Waals surface area contributed by atoms with Crippen LogP contribution in [0.3, 0.4) is 0 Å². The van der Waals surface area contributed by atoms with Gasteiger partial charge in [-0.1, -0.05) is 18.9 Å². The van der Waals surface area contributed by atoms with Crippen LogP contribution in [0, 0.1) is 5.92 Å². The van der Waals surface area contributed by atoms with Gasteiger partial charge in [0.05, 0.1) is 6.54 Å². The largest absolute Gasteiger partial charge is 0.379 e. The van der Waals surface area contributed by atoms with Crippen molar-refractivity contribution in [3.05, 3.63) is 29.3 Å². The smallest absolute Gasteiger partial charge is 0.255 e. The summed E-state index contributed by atoms with van der Waals surface area (Å²) in [6, 6.07) is 5.25. The molecule has 228 valence electrons. The molecule has 9 nitrogen and oxygen atoms in total. The zero-order valence-corrected chi connectivity index (χ0v) is 24.1. The summed E-state index contributed by atoms with van der Waals surface area (Å²) in [5, 5.41) is 9.64. The summed E-state index contributed by atoms with van der Waals surface area (Å²) >= 11 is 0. The molecule has 6 rings (SSSR count). The molecule has 2 saturated carbocycles. The first-order valence-corrected chi connectivity index (χ1v) is 15.6. The van der Waals surface area contributed by atoms with Gasteiger partial charge in [-0.2, -0.15) is 0 Å². The standard InChI is InChI=1S/C31H41F2N5O4/c32-31(33)14-16-37(17-15-31)27(40)18-34-21-9-12-30(13-10-21,11-8-20-4-5-20)36-24-3-1-2-22-23(24)19-38(29(22)42)25-6-7-26(39)35-28(25)41/h1-3,20-21,25,34,36H,4-19H2,(H,35,39,41). The van der Waals surface area contributed by atoms with Gasteiger partial charge in [0.1, 0.15) is 6.04 Å². The van der Waals surface area contributed by atoms with E-state index in [1.807, 2.05) is 18.2 Å². The number of rotatable bonds is 9. The van der Waals surface area contributed by atoms with E-state index in [-0.39, 0.29) is 68.2 Å². The summed E-state index contributed by atoms with van der Waals surface area (Å²) in [5.41, 5.74) is 2.29. The number of likely N-dealkylation sites (tertiary alicyclic amines) is 1. The van der Waals surface area contributed by atoms with Gasteiger partial charge >= 0.3 is 0 Å². The van der Waals surface area contributed by atoms with Gasteiger partial charge in [0.25, 0.3) is 11.8 Å². The van der Waals surface area contributed by atoms with Crippen LogP contribution in [-0.2, 0) is 20.9 Å². The number of benzene rings is 1. The van der Waals surface area contributed by atoms with Gasteiger partial charge in [0, 0.05) is 67.3 Å². The molecule has 1 atom stereocenters. The van der Waals surface area contributed by atoms with E-state index in [1.54, 1.807) is 9.80 Å². The van der Waals surface area contributed by atoms with Crippen molar-refractivity contribution in [3.63, 3.8) is 0 Å². The van der Waals surface area contributed by atoms with Crippen LogP contribution >= 0.6 is 0 Å². The Kier molecular flexibility index (Phi) is 7.97. The van der Waals surface area contributed by atoms with E-state index in [0.29, 0.717) is 18.5 Å². The first-order chi connectivity index (χ1) is 20.1. The Labute approximate surface area is 245 Å². The van der Waals surface area contributed by atoms with Crippen molar-refractivity contribution in [2.75, 3.05) is 25.0 Å². The van der Waals surface area contributed by atoms with E-state index in [0.717, 1.165) is 55.7 Å². The molecule has 3 heterocycles. The summed E-state index contributed by atoms with van der Waals surface area (Å²) in [6.07, 6.45) is 8.36. The zero-order valence-electron chi connectivity index (χ0n) is 24.1. The molecular weight excluding hydrogens is 544 g/mol. The summed E-state index contributed by atoms with van der Waals surface area (Å²) in [4.78, 5) is 53.3. The Morgan fingerprint density at radius 3 is 2.43 bits per heavy atom. The average Bonchev–Trinajstić information content (AvgIpc) is 3.74. The minimum Gasteiger partial charge on any atom is -0.379 e. The molecule has 42 heavy (non-hydrogen) atoms. The predicted octanol–water partition coefficient (Wildman–Crippen LogP) is 3.58. The average molecular weight is 586 g/mol. The number of anilines is 1. The summed E-state index contributed by atoms with van der Waals surface area (Å²) in [6.45, 7) is 0.717. The quantitative estimate of drug-likeness (QED) is 0.382. The van der Waals surface area contributed by atoms with Gasteiger partial charge in [-0.05, 0) is 63.0 Å². The normalized spacial score (nSPS) is 29.3. The van der Waals surface area contributed by atoms with Crippen LogP contribution in [0.4, 0.5) is 14.5 Å². The molecule has 2 aliphatic carbocycles. The number of nitrogens with zero attached hydrogens (tertiary/aromatic N) is 2. The molecule has 11 heteroatoms. The van der Waals surface area contributed by atoms with Gasteiger partial charge in [0.2, 0.25) is 17.7 Å². The Morgan fingerprint density at radius 2 is 1.74 bits per heavy atom. The second-order valence-electron chi connectivity index (χ2n) is 13.0. The monoisotopic (exact) mass is 585 g/mol. The lowest BCUT2D eigenvalue weighted by atomic mass is 9.75. The second-order valence-corrected chi connectivity index (χ2v) is 13.0. The number of amides is 4. The minimum absolute atomic E-state index is 0.108. The lowest BCUT2D eigenvalue weighted by Crippen LogP contribution is -2.52. The molecule has 1 aromatic rings. The maximum atomic E-state index is 13.5. The number of carbonyl (C=O) groups excluding carboxylic acids is 4. The fourth-order valence-corrected chi connectivity index (χ4v) is 7.11. The maximum Gasteiger partial charge on any atom is 0.255 e. The number of alkyl halides is 2. The highest BCUT2D eigenvalue weighted by Gasteiger charge is 2.42. The van der Waals surface area contributed by atoms with Crippen LogP contribution in [0.2, 0.25) is 0 Å². The first-order valence-electron chi connectivity index (χ1n) is 15.6. The van der Waals surface area contributed by atoms with Crippen molar-refractivity contribution in [1.29, 1.82) is 0 Å². The van der Waals surface area contributed by atoms with Crippen LogP contribution in [0.25, 0.3) is 0 Å². The highest BCUT2D eigenvalue weighted by Crippen LogP contribution is 2.43. The van der Waals surface area contributed by atoms with E-state index in [2.05, 4.69) is 16.0 Å². The number of imide groups is 1. The zero-order chi connectivity index (χ0) is 29.5. The van der Waals surface area contributed by atoms with Crippen LogP contribution in [0.1, 0.15) is 93.0 Å². The van der Waals surface area contributed by atoms with Gasteiger partial charge in [-0.3, -0.25) is 24.5 Å². The number of carbonyl (C=O) groups is 4. The van der Waals surface area contributed by atoms with Crippen molar-refractivity contribution < 1.29 is 28.0 Å². The summed E-state index contributed by atoms with van der Waals surface area (Å²) in [5.74, 6) is -2.89. The van der Waals surface area contributed by atoms with E-state index in [1.165, 1.54) is 12.8 Å². The Morgan fingerprint density at radius 1 is 1.00 bits per heavy atom. The fraction of sp³-hybridized carbons (Fsp3) is 0.677. The molecule has 3 aliphatic heterocycles. The molecule has 0 radical (unpaired) electrons. The Balaban J connectivity index is 1.09. The highest BCUT2D eigenvalue weighted by molar-refractivity contribution is 6.06. The Hall–Kier alpha value is -3.08. The number of piperidine rings is 2. The summed E-state index contributed by atoms with van der Waals surface area (Å²) < 4.78 is 27.0. The third kappa shape index (κ3) is 6.31. The predicted molar refractivity (Wildman–Crippen MR) is 152 cm³/mol. The molecule has 1 unspecified atom stereocenters. The van der Waals surface area contributed by atoms with Crippen molar-refractivity contribution in [1.82, 2.24) is 20.4 Å². The van der Waals surface area contributed by atoms with Crippen LogP contribution < -0.4 is 16.0 Å². The fourth-order valence-electron chi connectivity index (χ4n) is 7.11. The lowest BCUT2D eigenvalue weighted by Gasteiger charge is -2.43. The maximum absolute atomic E-state index is 13.5. The molecule has 1 aromatic carbocycles. The molecule has 5 aliphatic rings. The third-order valence-electron chi connectivity index (χ3n) is 10.0. The topological polar surface area (TPSA) is 111 Å². The van der Waals surface area contributed by atoms with Crippen molar-refractivity contribution >= 4 is 29.3 Å². The van der Waals surface area contributed by atoms with Gasteiger partial charge < -0.3 is 20.4 Å². The number of hydrogen-bond acceptors (Lipinski definition) is 6. The number of halogens is 2. The third-order valence-corrected chi connectivity index (χ3v) is 10.0. The molecule has 0 spiro atoms. The first kappa shape index (κ1) is 29.0. The molecule has 2 saturated heterocycles. The second kappa shape index (κ2) is 11.5. The van der Waals surface area contributed by atoms with Crippen molar-refractivity contribution in [2.45, 2.75) is 107 Å². The van der Waals surface area contributed by atoms with Crippen LogP contribution in [-0.4, -0.2) is 76.6 Å². The molecule has 4 amide bonds. The van der Waals surface area contributed by atoms with Crippen LogP contribution in [0.5, 0.6) is 0 Å². The number of hydrogen-bond donors (Lipinski definition) is 3. The van der Waals surface area contributed by atoms with Crippen LogP contribution in [0.15, 0.2) is 18.2 Å². The van der Waals surface area contributed by atoms with Crippen molar-refractivity contribution in [2.24, 2.45) is 5.92 Å². The van der Waals surface area contributed by atoms with Gasteiger partial charge in [-0.15, -0.1) is 0 Å². The molecule has 4 fully saturated rings. The number of nitrogens with one attached hydrogen (secondary N) is 3.